The number of rotatable bonds is 6. The van der Waals surface area contributed by atoms with Crippen molar-refractivity contribution in [3.63, 3.8) is 0 Å². The standard InChI is InChI=1S/C17H26N2O2/c1-3-16(14-7-9-15(21-2)10-8-14)18-13-17(20)19-11-5-4-6-12-19/h7-10,16,18H,3-6,11-13H2,1-2H3. The Labute approximate surface area is 127 Å². The molecule has 2 rings (SSSR count). The third-order valence-corrected chi connectivity index (χ3v) is 4.13. The van der Waals surface area contributed by atoms with E-state index in [-0.39, 0.29) is 11.9 Å². The molecule has 1 N–H and O–H groups in total. The monoisotopic (exact) mass is 290 g/mol. The molecule has 0 aliphatic carbocycles. The van der Waals surface area contributed by atoms with Crippen molar-refractivity contribution < 1.29 is 9.53 Å². The zero-order chi connectivity index (χ0) is 15.1. The summed E-state index contributed by atoms with van der Waals surface area (Å²) in [5.74, 6) is 1.08. The molecule has 1 amide bonds. The molecule has 1 saturated heterocycles. The highest BCUT2D eigenvalue weighted by molar-refractivity contribution is 5.78. The molecule has 0 aromatic heterocycles. The normalized spacial score (nSPS) is 16.6. The Morgan fingerprint density at radius 2 is 1.90 bits per heavy atom. The summed E-state index contributed by atoms with van der Waals surface area (Å²) in [7, 11) is 1.67. The summed E-state index contributed by atoms with van der Waals surface area (Å²) >= 11 is 0. The Bertz CT molecular complexity index is 439. The summed E-state index contributed by atoms with van der Waals surface area (Å²) in [5.41, 5.74) is 1.20. The van der Waals surface area contributed by atoms with Crippen LogP contribution in [0.5, 0.6) is 5.75 Å². The van der Waals surface area contributed by atoms with Crippen LogP contribution in [0.15, 0.2) is 24.3 Å². The number of carbonyl (C=O) groups excluding carboxylic acids is 1. The third kappa shape index (κ3) is 4.46. The fraction of sp³-hybridized carbons (Fsp3) is 0.588. The van der Waals surface area contributed by atoms with Gasteiger partial charge in [0.2, 0.25) is 5.91 Å². The van der Waals surface area contributed by atoms with Gasteiger partial charge in [-0.05, 0) is 43.4 Å². The zero-order valence-corrected chi connectivity index (χ0v) is 13.1. The van der Waals surface area contributed by atoms with Crippen molar-refractivity contribution in [3.05, 3.63) is 29.8 Å². The largest absolute Gasteiger partial charge is 0.497 e. The Balaban J connectivity index is 1.87. The number of hydrogen-bond donors (Lipinski definition) is 1. The van der Waals surface area contributed by atoms with Crippen LogP contribution in [0.4, 0.5) is 0 Å². The summed E-state index contributed by atoms with van der Waals surface area (Å²) in [6.07, 6.45) is 4.49. The Kier molecular flexibility index (Phi) is 6.05. The van der Waals surface area contributed by atoms with Gasteiger partial charge in [0.15, 0.2) is 0 Å². The summed E-state index contributed by atoms with van der Waals surface area (Å²) in [6.45, 7) is 4.39. The maximum atomic E-state index is 12.2. The van der Waals surface area contributed by atoms with Gasteiger partial charge in [-0.25, -0.2) is 0 Å². The highest BCUT2D eigenvalue weighted by Gasteiger charge is 2.17. The van der Waals surface area contributed by atoms with E-state index in [2.05, 4.69) is 24.4 Å². The maximum Gasteiger partial charge on any atom is 0.236 e. The predicted molar refractivity (Wildman–Crippen MR) is 84.5 cm³/mol. The van der Waals surface area contributed by atoms with Crippen molar-refractivity contribution >= 4 is 5.91 Å². The fourth-order valence-electron chi connectivity index (χ4n) is 2.80. The van der Waals surface area contributed by atoms with Gasteiger partial charge in [-0.15, -0.1) is 0 Å². The number of nitrogens with one attached hydrogen (secondary N) is 1. The smallest absolute Gasteiger partial charge is 0.236 e. The molecule has 1 atom stereocenters. The van der Waals surface area contributed by atoms with Gasteiger partial charge in [-0.2, -0.15) is 0 Å². The first-order chi connectivity index (χ1) is 10.2. The molecule has 21 heavy (non-hydrogen) atoms. The van der Waals surface area contributed by atoms with Crippen LogP contribution in [0.2, 0.25) is 0 Å². The van der Waals surface area contributed by atoms with Gasteiger partial charge in [0, 0.05) is 19.1 Å². The van der Waals surface area contributed by atoms with E-state index in [0.29, 0.717) is 6.54 Å². The molecule has 1 aliphatic rings. The molecule has 1 aromatic carbocycles. The van der Waals surface area contributed by atoms with Crippen molar-refractivity contribution in [2.75, 3.05) is 26.7 Å². The molecule has 1 unspecified atom stereocenters. The Morgan fingerprint density at radius 3 is 2.48 bits per heavy atom. The average molecular weight is 290 g/mol. The van der Waals surface area contributed by atoms with Crippen LogP contribution in [-0.4, -0.2) is 37.6 Å². The summed E-state index contributed by atoms with van der Waals surface area (Å²) in [6, 6.07) is 8.26. The van der Waals surface area contributed by atoms with Crippen LogP contribution < -0.4 is 10.1 Å². The number of likely N-dealkylation sites (tertiary alicyclic amines) is 1. The van der Waals surface area contributed by atoms with Crippen molar-refractivity contribution in [1.82, 2.24) is 10.2 Å². The number of hydrogen-bond acceptors (Lipinski definition) is 3. The SMILES string of the molecule is CCC(NCC(=O)N1CCCCC1)c1ccc(OC)cc1. The van der Waals surface area contributed by atoms with Crippen molar-refractivity contribution in [1.29, 1.82) is 0 Å². The van der Waals surface area contributed by atoms with E-state index in [1.165, 1.54) is 12.0 Å². The summed E-state index contributed by atoms with van der Waals surface area (Å²) in [4.78, 5) is 14.2. The molecule has 1 aliphatic heterocycles. The number of carbonyl (C=O) groups is 1. The van der Waals surface area contributed by atoms with E-state index in [1.54, 1.807) is 7.11 Å². The quantitative estimate of drug-likeness (QED) is 0.876. The number of nitrogens with zero attached hydrogens (tertiary/aromatic N) is 1. The van der Waals surface area contributed by atoms with E-state index in [9.17, 15) is 4.79 Å². The molecule has 0 radical (unpaired) electrons. The number of ether oxygens (including phenoxy) is 1. The lowest BCUT2D eigenvalue weighted by molar-refractivity contribution is -0.131. The second-order valence-corrected chi connectivity index (χ2v) is 5.56. The third-order valence-electron chi connectivity index (χ3n) is 4.13. The van der Waals surface area contributed by atoms with E-state index in [0.717, 1.165) is 38.1 Å². The topological polar surface area (TPSA) is 41.6 Å². The number of methoxy groups -OCH3 is 1. The lowest BCUT2D eigenvalue weighted by Crippen LogP contribution is -2.41. The number of benzene rings is 1. The number of amides is 1. The van der Waals surface area contributed by atoms with Gasteiger partial charge in [-0.3, -0.25) is 4.79 Å². The first-order valence-electron chi connectivity index (χ1n) is 7.89. The molecule has 1 heterocycles. The Morgan fingerprint density at radius 1 is 1.24 bits per heavy atom. The van der Waals surface area contributed by atoms with Crippen LogP contribution in [0, 0.1) is 0 Å². The molecule has 0 saturated carbocycles. The minimum atomic E-state index is 0.213. The van der Waals surface area contributed by atoms with Gasteiger partial charge < -0.3 is 15.0 Å². The van der Waals surface area contributed by atoms with Crippen molar-refractivity contribution in [2.24, 2.45) is 0 Å². The van der Waals surface area contributed by atoms with Crippen LogP contribution in [-0.2, 0) is 4.79 Å². The van der Waals surface area contributed by atoms with Gasteiger partial charge in [0.25, 0.3) is 0 Å². The van der Waals surface area contributed by atoms with E-state index >= 15 is 0 Å². The van der Waals surface area contributed by atoms with Crippen molar-refractivity contribution in [2.45, 2.75) is 38.6 Å². The number of piperidine rings is 1. The van der Waals surface area contributed by atoms with Crippen molar-refractivity contribution in [3.8, 4) is 5.75 Å². The molecule has 0 spiro atoms. The minimum Gasteiger partial charge on any atom is -0.497 e. The fourth-order valence-corrected chi connectivity index (χ4v) is 2.80. The van der Waals surface area contributed by atoms with Crippen LogP contribution in [0.1, 0.15) is 44.2 Å². The molecule has 4 nitrogen and oxygen atoms in total. The van der Waals surface area contributed by atoms with Crippen LogP contribution >= 0.6 is 0 Å². The van der Waals surface area contributed by atoms with E-state index in [4.69, 9.17) is 4.74 Å². The minimum absolute atomic E-state index is 0.213. The highest BCUT2D eigenvalue weighted by Crippen LogP contribution is 2.20. The average Bonchev–Trinajstić information content (AvgIpc) is 2.56. The first-order valence-corrected chi connectivity index (χ1v) is 7.89. The molecule has 1 aromatic rings. The van der Waals surface area contributed by atoms with Gasteiger partial charge in [-0.1, -0.05) is 19.1 Å². The van der Waals surface area contributed by atoms with Gasteiger partial charge in [0.1, 0.15) is 5.75 Å². The lowest BCUT2D eigenvalue weighted by atomic mass is 10.0. The molecule has 116 valence electrons. The Hall–Kier alpha value is -1.55. The second-order valence-electron chi connectivity index (χ2n) is 5.56. The lowest BCUT2D eigenvalue weighted by Gasteiger charge is -2.28. The maximum absolute atomic E-state index is 12.2. The summed E-state index contributed by atoms with van der Waals surface area (Å²) in [5, 5.41) is 3.39. The van der Waals surface area contributed by atoms with E-state index < -0.39 is 0 Å². The zero-order valence-electron chi connectivity index (χ0n) is 13.1. The van der Waals surface area contributed by atoms with E-state index in [1.807, 2.05) is 17.0 Å². The molecular formula is C17H26N2O2. The summed E-state index contributed by atoms with van der Waals surface area (Å²) < 4.78 is 5.18. The molecule has 4 heteroatoms. The predicted octanol–water partition coefficient (Wildman–Crippen LogP) is 2.75. The molecular weight excluding hydrogens is 264 g/mol. The highest BCUT2D eigenvalue weighted by atomic mass is 16.5. The molecule has 0 bridgehead atoms. The van der Waals surface area contributed by atoms with Gasteiger partial charge in [0.05, 0.1) is 13.7 Å². The second kappa shape index (κ2) is 8.03. The first kappa shape index (κ1) is 15.8. The van der Waals surface area contributed by atoms with Crippen LogP contribution in [0.25, 0.3) is 0 Å². The molecule has 1 fully saturated rings. The van der Waals surface area contributed by atoms with Crippen LogP contribution in [0.3, 0.4) is 0 Å². The van der Waals surface area contributed by atoms with Gasteiger partial charge >= 0.3 is 0 Å².